The summed E-state index contributed by atoms with van der Waals surface area (Å²) in [7, 11) is 1.34. The molecule has 0 aromatic carbocycles. The molecule has 1 aromatic rings. The van der Waals surface area contributed by atoms with Crippen LogP contribution in [0.2, 0.25) is 0 Å². The third-order valence-electron chi connectivity index (χ3n) is 1.77. The van der Waals surface area contributed by atoms with Crippen LogP contribution in [-0.4, -0.2) is 18.1 Å². The van der Waals surface area contributed by atoms with E-state index in [1.54, 1.807) is 25.3 Å². The first-order valence-electron chi connectivity index (χ1n) is 4.11. The maximum Gasteiger partial charge on any atom is 0.333 e. The van der Waals surface area contributed by atoms with E-state index in [-0.39, 0.29) is 5.97 Å². The summed E-state index contributed by atoms with van der Waals surface area (Å²) >= 11 is 0. The predicted octanol–water partition coefficient (Wildman–Crippen LogP) is 1.24. The number of carbonyl (C=O) groups excluding carboxylic acids is 1. The third kappa shape index (κ3) is 2.32. The monoisotopic (exact) mass is 192 g/mol. The Balaban J connectivity index is 2.97. The normalized spacial score (nSPS) is 11.1. The van der Waals surface area contributed by atoms with Gasteiger partial charge in [0.25, 0.3) is 0 Å². The lowest BCUT2D eigenvalue weighted by Crippen LogP contribution is -2.01. The number of nitrogen functional groups attached to an aromatic ring is 1. The lowest BCUT2D eigenvalue weighted by molar-refractivity contribution is -0.135. The molecular formula is C10H12N2O2. The van der Waals surface area contributed by atoms with Crippen LogP contribution in [0.5, 0.6) is 0 Å². The number of rotatable bonds is 2. The molecule has 0 saturated carbocycles. The first-order valence-corrected chi connectivity index (χ1v) is 4.11. The molecule has 0 spiro atoms. The minimum absolute atomic E-state index is 0.360. The van der Waals surface area contributed by atoms with Gasteiger partial charge in [0.05, 0.1) is 19.0 Å². The van der Waals surface area contributed by atoms with Gasteiger partial charge in [0.2, 0.25) is 0 Å². The van der Waals surface area contributed by atoms with Gasteiger partial charge in [-0.15, -0.1) is 0 Å². The molecule has 4 nitrogen and oxygen atoms in total. The summed E-state index contributed by atoms with van der Waals surface area (Å²) < 4.78 is 4.56. The maximum atomic E-state index is 11.1. The van der Waals surface area contributed by atoms with Crippen LogP contribution < -0.4 is 5.73 Å². The van der Waals surface area contributed by atoms with Crippen molar-refractivity contribution in [2.45, 2.75) is 6.92 Å². The highest BCUT2D eigenvalue weighted by atomic mass is 16.5. The second kappa shape index (κ2) is 4.41. The number of anilines is 1. The molecule has 1 aromatic heterocycles. The SMILES string of the molecule is COC(=O)/C(C)=C\c1ccncc1N. The maximum absolute atomic E-state index is 11.1. The number of hydrogen-bond donors (Lipinski definition) is 1. The van der Waals surface area contributed by atoms with Crippen LogP contribution in [0.4, 0.5) is 5.69 Å². The number of aromatic nitrogens is 1. The van der Waals surface area contributed by atoms with Crippen molar-refractivity contribution in [2.75, 3.05) is 12.8 Å². The number of methoxy groups -OCH3 is 1. The quantitative estimate of drug-likeness (QED) is 0.565. The molecule has 0 aliphatic rings. The molecular weight excluding hydrogens is 180 g/mol. The largest absolute Gasteiger partial charge is 0.466 e. The van der Waals surface area contributed by atoms with E-state index in [0.29, 0.717) is 11.3 Å². The minimum Gasteiger partial charge on any atom is -0.466 e. The molecule has 0 aliphatic heterocycles. The Morgan fingerprint density at radius 3 is 2.93 bits per heavy atom. The van der Waals surface area contributed by atoms with Crippen molar-refractivity contribution >= 4 is 17.7 Å². The summed E-state index contributed by atoms with van der Waals surface area (Å²) in [5.41, 5.74) is 7.46. The van der Waals surface area contributed by atoms with Crippen LogP contribution in [0.25, 0.3) is 6.08 Å². The molecule has 0 saturated heterocycles. The Labute approximate surface area is 82.4 Å². The standard InChI is InChI=1S/C10H12N2O2/c1-7(10(13)14-2)5-8-3-4-12-6-9(8)11/h3-6H,11H2,1-2H3/b7-5-. The first-order chi connectivity index (χ1) is 6.65. The Morgan fingerprint density at radius 2 is 2.36 bits per heavy atom. The molecule has 4 heteroatoms. The molecule has 74 valence electrons. The van der Waals surface area contributed by atoms with Gasteiger partial charge in [0.1, 0.15) is 0 Å². The van der Waals surface area contributed by atoms with E-state index in [2.05, 4.69) is 9.72 Å². The molecule has 1 rings (SSSR count). The van der Waals surface area contributed by atoms with Crippen LogP contribution in [0.15, 0.2) is 24.0 Å². The van der Waals surface area contributed by atoms with Crippen molar-refractivity contribution in [3.63, 3.8) is 0 Å². The fourth-order valence-electron chi connectivity index (χ4n) is 1.00. The molecule has 1 heterocycles. The van der Waals surface area contributed by atoms with E-state index in [4.69, 9.17) is 5.73 Å². The van der Waals surface area contributed by atoms with Crippen molar-refractivity contribution in [1.82, 2.24) is 4.98 Å². The van der Waals surface area contributed by atoms with Crippen molar-refractivity contribution in [2.24, 2.45) is 0 Å². The average molecular weight is 192 g/mol. The number of esters is 1. The summed E-state index contributed by atoms with van der Waals surface area (Å²) in [5.74, 6) is -0.360. The van der Waals surface area contributed by atoms with Crippen LogP contribution >= 0.6 is 0 Å². The number of nitrogens with zero attached hydrogens (tertiary/aromatic N) is 1. The molecule has 14 heavy (non-hydrogen) atoms. The topological polar surface area (TPSA) is 65.2 Å². The lowest BCUT2D eigenvalue weighted by atomic mass is 10.1. The highest BCUT2D eigenvalue weighted by molar-refractivity contribution is 5.93. The van der Waals surface area contributed by atoms with Gasteiger partial charge in [-0.2, -0.15) is 0 Å². The van der Waals surface area contributed by atoms with Crippen molar-refractivity contribution in [1.29, 1.82) is 0 Å². The summed E-state index contributed by atoms with van der Waals surface area (Å²) in [6.45, 7) is 1.67. The van der Waals surface area contributed by atoms with E-state index < -0.39 is 0 Å². The van der Waals surface area contributed by atoms with Crippen LogP contribution in [0, 0.1) is 0 Å². The van der Waals surface area contributed by atoms with Gasteiger partial charge in [0, 0.05) is 17.3 Å². The van der Waals surface area contributed by atoms with Crippen LogP contribution in [0.1, 0.15) is 12.5 Å². The van der Waals surface area contributed by atoms with Crippen LogP contribution in [0.3, 0.4) is 0 Å². The molecule has 0 fully saturated rings. The van der Waals surface area contributed by atoms with Crippen molar-refractivity contribution < 1.29 is 9.53 Å². The fourth-order valence-corrected chi connectivity index (χ4v) is 1.00. The zero-order chi connectivity index (χ0) is 10.6. The fraction of sp³-hybridized carbons (Fsp3) is 0.200. The Bertz CT molecular complexity index is 372. The van der Waals surface area contributed by atoms with Gasteiger partial charge >= 0.3 is 5.97 Å². The minimum atomic E-state index is -0.360. The highest BCUT2D eigenvalue weighted by Crippen LogP contribution is 2.13. The van der Waals surface area contributed by atoms with Gasteiger partial charge in [-0.05, 0) is 19.1 Å². The Morgan fingerprint density at radius 1 is 1.64 bits per heavy atom. The molecule has 2 N–H and O–H groups in total. The average Bonchev–Trinajstić information content (AvgIpc) is 2.20. The van der Waals surface area contributed by atoms with E-state index in [1.807, 2.05) is 0 Å². The second-order valence-corrected chi connectivity index (χ2v) is 2.82. The molecule has 0 atom stereocenters. The van der Waals surface area contributed by atoms with E-state index in [9.17, 15) is 4.79 Å². The van der Waals surface area contributed by atoms with Gasteiger partial charge < -0.3 is 10.5 Å². The Hall–Kier alpha value is -1.84. The molecule has 0 bridgehead atoms. The number of hydrogen-bond acceptors (Lipinski definition) is 4. The third-order valence-corrected chi connectivity index (χ3v) is 1.77. The number of ether oxygens (including phenoxy) is 1. The zero-order valence-corrected chi connectivity index (χ0v) is 8.15. The van der Waals surface area contributed by atoms with Crippen LogP contribution in [-0.2, 0) is 9.53 Å². The summed E-state index contributed by atoms with van der Waals surface area (Å²) in [4.78, 5) is 14.9. The van der Waals surface area contributed by atoms with Gasteiger partial charge in [-0.25, -0.2) is 4.79 Å². The predicted molar refractivity (Wildman–Crippen MR) is 54.3 cm³/mol. The van der Waals surface area contributed by atoms with E-state index in [1.165, 1.54) is 13.3 Å². The summed E-state index contributed by atoms with van der Waals surface area (Å²) in [5, 5.41) is 0. The second-order valence-electron chi connectivity index (χ2n) is 2.82. The molecule has 0 aliphatic carbocycles. The van der Waals surface area contributed by atoms with Gasteiger partial charge in [0.15, 0.2) is 0 Å². The number of carbonyl (C=O) groups is 1. The van der Waals surface area contributed by atoms with Gasteiger partial charge in [-0.3, -0.25) is 4.98 Å². The zero-order valence-electron chi connectivity index (χ0n) is 8.15. The number of nitrogens with two attached hydrogens (primary N) is 1. The molecule has 0 unspecified atom stereocenters. The van der Waals surface area contributed by atoms with Gasteiger partial charge in [-0.1, -0.05) is 0 Å². The smallest absolute Gasteiger partial charge is 0.333 e. The lowest BCUT2D eigenvalue weighted by Gasteiger charge is -2.01. The van der Waals surface area contributed by atoms with Crippen molar-refractivity contribution in [3.05, 3.63) is 29.6 Å². The number of pyridine rings is 1. The first kappa shape index (κ1) is 10.2. The molecule has 0 amide bonds. The van der Waals surface area contributed by atoms with E-state index >= 15 is 0 Å². The molecule has 0 radical (unpaired) electrons. The van der Waals surface area contributed by atoms with Crippen molar-refractivity contribution in [3.8, 4) is 0 Å². The Kier molecular flexibility index (Phi) is 3.23. The summed E-state index contributed by atoms with van der Waals surface area (Å²) in [6.07, 6.45) is 4.83. The van der Waals surface area contributed by atoms with E-state index in [0.717, 1.165) is 5.56 Å². The summed E-state index contributed by atoms with van der Waals surface area (Å²) in [6, 6.07) is 1.74. The highest BCUT2D eigenvalue weighted by Gasteiger charge is 2.03.